The van der Waals surface area contributed by atoms with Crippen LogP contribution in [0.2, 0.25) is 0 Å². The van der Waals surface area contributed by atoms with Gasteiger partial charge in [0.2, 0.25) is 0 Å². The molecule has 0 saturated heterocycles. The molecule has 9 N–H and O–H groups in total. The van der Waals surface area contributed by atoms with Gasteiger partial charge in [0.1, 0.15) is 0 Å². The molecule has 4 atom stereocenters. The van der Waals surface area contributed by atoms with E-state index in [2.05, 4.69) is 15.6 Å². The second-order valence-electron chi connectivity index (χ2n) is 4.84. The van der Waals surface area contributed by atoms with Crippen LogP contribution in [0.4, 0.5) is 0 Å². The molecule has 0 heterocycles. The summed E-state index contributed by atoms with van der Waals surface area (Å²) in [5.41, 5.74) is -2.74. The van der Waals surface area contributed by atoms with Crippen LogP contribution < -0.4 is 0 Å². The summed E-state index contributed by atoms with van der Waals surface area (Å²) in [6.07, 6.45) is -8.07. The fraction of sp³-hybridized carbons (Fsp3) is 0.667. The van der Waals surface area contributed by atoms with E-state index >= 15 is 0 Å². The molecule has 0 aromatic rings. The first-order valence-electron chi connectivity index (χ1n) is 6.50. The molecule has 146 valence electrons. The summed E-state index contributed by atoms with van der Waals surface area (Å²) >= 11 is 2.34. The molecule has 0 aliphatic heterocycles. The van der Waals surface area contributed by atoms with Gasteiger partial charge in [-0.25, -0.2) is 4.79 Å². The first kappa shape index (κ1) is 25.8. The summed E-state index contributed by atoms with van der Waals surface area (Å²) in [5, 5.41) is 78.1. The van der Waals surface area contributed by atoms with Crippen molar-refractivity contribution in [1.29, 1.82) is 0 Å². The summed E-state index contributed by atoms with van der Waals surface area (Å²) in [6.45, 7) is -0.668. The summed E-state index contributed by atoms with van der Waals surface area (Å²) in [7, 11) is 0. The number of aliphatic hydroxyl groups excluding tert-OH is 5. The molecule has 13 heteroatoms. The Kier molecular flexibility index (Phi) is 12.4. The number of carboxylic acids is 3. The molecular weight excluding hydrogens is 415 g/mol. The second kappa shape index (κ2) is 12.0. The van der Waals surface area contributed by atoms with Gasteiger partial charge in [-0.1, -0.05) is 0 Å². The topological polar surface area (TPSA) is 233 Å². The van der Waals surface area contributed by atoms with Gasteiger partial charge in [-0.2, -0.15) is 0 Å². The van der Waals surface area contributed by atoms with Crippen LogP contribution in [-0.2, 0) is 14.4 Å². The number of carbonyl (C=O) groups is 3. The van der Waals surface area contributed by atoms with Gasteiger partial charge in [0.25, 0.3) is 0 Å². The molecule has 4 unspecified atom stereocenters. The standard InChI is InChI=1S/C6H8O7.C6H12O5Se/c7-3(8)1-6(13,5(11)12)2-4(9)10;7-1-3(8)5(10)6(11)4(9)2-12/h13H,1-2H2,(H,7,8)(H,9,10)(H,11,12);2-11H,1H2. The van der Waals surface area contributed by atoms with E-state index < -0.39 is 67.4 Å². The fourth-order valence-electron chi connectivity index (χ4n) is 1.33. The van der Waals surface area contributed by atoms with Gasteiger partial charge in [-0.3, -0.25) is 9.59 Å². The Morgan fingerprint density at radius 1 is 0.920 bits per heavy atom. The summed E-state index contributed by atoms with van der Waals surface area (Å²) in [6, 6.07) is 0. The third-order valence-corrected chi connectivity index (χ3v) is 3.29. The Morgan fingerprint density at radius 3 is 1.56 bits per heavy atom. The van der Waals surface area contributed by atoms with Gasteiger partial charge in [-0.15, -0.1) is 0 Å². The van der Waals surface area contributed by atoms with E-state index in [1.54, 1.807) is 0 Å². The van der Waals surface area contributed by atoms with Crippen LogP contribution in [0.15, 0.2) is 0 Å². The van der Waals surface area contributed by atoms with Gasteiger partial charge >= 0.3 is 95.0 Å². The van der Waals surface area contributed by atoms with E-state index in [4.69, 9.17) is 46.0 Å². The molecule has 0 aliphatic rings. The van der Waals surface area contributed by atoms with Gasteiger partial charge < -0.3 is 20.4 Å². The maximum absolute atomic E-state index is 10.3. The Balaban J connectivity index is 0. The van der Waals surface area contributed by atoms with Crippen molar-refractivity contribution in [2.45, 2.75) is 42.9 Å². The molecule has 12 nitrogen and oxygen atoms in total. The van der Waals surface area contributed by atoms with Gasteiger partial charge in [0.05, 0.1) is 12.8 Å². The SMILES string of the molecule is O=C(O)CC(O)(CC(=O)O)C(=O)O.OCC(O)C(O)C(O)C(O)C=[Se]. The average molecular weight is 435 g/mol. The molecular formula is C12H20O12Se. The van der Waals surface area contributed by atoms with Crippen LogP contribution in [0.5, 0.6) is 0 Å². The van der Waals surface area contributed by atoms with Gasteiger partial charge in [0, 0.05) is 0 Å². The first-order valence-corrected chi connectivity index (χ1v) is 7.49. The van der Waals surface area contributed by atoms with E-state index in [1.165, 1.54) is 0 Å². The molecule has 0 aliphatic carbocycles. The van der Waals surface area contributed by atoms with Crippen molar-refractivity contribution in [3.63, 3.8) is 0 Å². The van der Waals surface area contributed by atoms with Crippen LogP contribution >= 0.6 is 0 Å². The molecule has 0 radical (unpaired) electrons. The molecule has 0 aromatic carbocycles. The third-order valence-electron chi connectivity index (χ3n) is 2.71. The van der Waals surface area contributed by atoms with Crippen LogP contribution in [0.25, 0.3) is 0 Å². The molecule has 0 spiro atoms. The number of aliphatic hydroxyl groups is 6. The zero-order valence-corrected chi connectivity index (χ0v) is 14.4. The maximum atomic E-state index is 10.3. The Bertz CT molecular complexity index is 451. The summed E-state index contributed by atoms with van der Waals surface area (Å²) < 4.78 is 0. The minimum absolute atomic E-state index is 0.668. The first-order chi connectivity index (χ1) is 11.3. The minimum atomic E-state index is -2.74. The normalized spacial score (nSPS) is 15.8. The van der Waals surface area contributed by atoms with E-state index in [1.807, 2.05) is 0 Å². The monoisotopic (exact) mass is 436 g/mol. The number of carboxylic acid groups (broad SMARTS) is 3. The van der Waals surface area contributed by atoms with E-state index in [0.29, 0.717) is 0 Å². The van der Waals surface area contributed by atoms with E-state index in [0.717, 1.165) is 4.92 Å². The Hall–Kier alpha value is -1.44. The molecule has 25 heavy (non-hydrogen) atoms. The molecule has 0 fully saturated rings. The second-order valence-corrected chi connectivity index (χ2v) is 5.41. The number of hydrogen-bond donors (Lipinski definition) is 9. The molecule has 0 aromatic heterocycles. The summed E-state index contributed by atoms with van der Waals surface area (Å²) in [4.78, 5) is 31.6. The fourth-order valence-corrected chi connectivity index (χ4v) is 1.67. The van der Waals surface area contributed by atoms with Crippen molar-refractivity contribution in [1.82, 2.24) is 0 Å². The summed E-state index contributed by atoms with van der Waals surface area (Å²) in [5.74, 6) is -5.02. The van der Waals surface area contributed by atoms with Crippen molar-refractivity contribution < 1.29 is 60.3 Å². The predicted octanol–water partition coefficient (Wildman–Crippen LogP) is -4.86. The van der Waals surface area contributed by atoms with E-state index in [9.17, 15) is 14.4 Å². The van der Waals surface area contributed by atoms with Crippen LogP contribution in [-0.4, -0.2) is 121 Å². The molecule has 0 rings (SSSR count). The van der Waals surface area contributed by atoms with E-state index in [-0.39, 0.29) is 0 Å². The average Bonchev–Trinajstić information content (AvgIpc) is 2.50. The number of rotatable bonds is 10. The number of aliphatic carboxylic acids is 3. The van der Waals surface area contributed by atoms with Crippen LogP contribution in [0, 0.1) is 0 Å². The molecule has 0 amide bonds. The zero-order valence-electron chi connectivity index (χ0n) is 12.7. The predicted molar refractivity (Wildman–Crippen MR) is 80.0 cm³/mol. The Morgan fingerprint density at radius 2 is 1.32 bits per heavy atom. The molecule has 0 bridgehead atoms. The van der Waals surface area contributed by atoms with Crippen molar-refractivity contribution in [3.05, 3.63) is 0 Å². The van der Waals surface area contributed by atoms with Crippen LogP contribution in [0.3, 0.4) is 0 Å². The van der Waals surface area contributed by atoms with Crippen molar-refractivity contribution in [2.24, 2.45) is 0 Å². The van der Waals surface area contributed by atoms with Crippen molar-refractivity contribution >= 4 is 38.4 Å². The Labute approximate surface area is 148 Å². The van der Waals surface area contributed by atoms with Crippen molar-refractivity contribution in [2.75, 3.05) is 6.61 Å². The van der Waals surface area contributed by atoms with Gasteiger partial charge in [0.15, 0.2) is 5.60 Å². The number of hydrogen-bond acceptors (Lipinski definition) is 9. The van der Waals surface area contributed by atoms with Gasteiger partial charge in [-0.05, 0) is 0 Å². The third kappa shape index (κ3) is 10.2. The molecule has 0 saturated carbocycles. The quantitative estimate of drug-likeness (QED) is 0.147. The van der Waals surface area contributed by atoms with Crippen LogP contribution in [0.1, 0.15) is 12.8 Å². The zero-order chi connectivity index (χ0) is 20.4. The van der Waals surface area contributed by atoms with Crippen molar-refractivity contribution in [3.8, 4) is 0 Å².